The fourth-order valence-corrected chi connectivity index (χ4v) is 6.39. The van der Waals surface area contributed by atoms with Crippen molar-refractivity contribution in [3.05, 3.63) is 77.5 Å². The first kappa shape index (κ1) is 33.8. The Bertz CT molecular complexity index is 2130. The normalized spacial score (nSPS) is 10.6. The second-order valence-corrected chi connectivity index (χ2v) is 12.2. The summed E-state index contributed by atoms with van der Waals surface area (Å²) in [5.41, 5.74) is 4.85. The van der Waals surface area contributed by atoms with Crippen molar-refractivity contribution in [1.82, 2.24) is 30.2 Å². The lowest BCUT2D eigenvalue weighted by molar-refractivity contribution is 0.251. The number of aryl methyl sites for hydroxylation is 1. The van der Waals surface area contributed by atoms with Crippen LogP contribution in [0.1, 0.15) is 13.8 Å². The van der Waals surface area contributed by atoms with Crippen LogP contribution < -0.4 is 36.3 Å². The number of hydrogen-bond donors (Lipinski definition) is 4. The average Bonchev–Trinajstić information content (AvgIpc) is 3.67. The van der Waals surface area contributed by atoms with Crippen LogP contribution in [-0.4, -0.2) is 58.9 Å². The summed E-state index contributed by atoms with van der Waals surface area (Å²) in [6.45, 7) is 4.82. The van der Waals surface area contributed by atoms with Gasteiger partial charge < -0.3 is 24.7 Å². The number of rotatable bonds is 8. The summed E-state index contributed by atoms with van der Waals surface area (Å²) in [7, 11) is 4.92. The third-order valence-electron chi connectivity index (χ3n) is 6.92. The summed E-state index contributed by atoms with van der Waals surface area (Å²) in [4.78, 5) is 48.2. The Balaban J connectivity index is 0.000000188. The van der Waals surface area contributed by atoms with Gasteiger partial charge in [0.25, 0.3) is 5.56 Å². The highest BCUT2D eigenvalue weighted by atomic mass is 32.1. The molecule has 2 aromatic carbocycles. The number of thiazole rings is 2. The number of ether oxygens (including phenoxy) is 2. The first-order valence-electron chi connectivity index (χ1n) is 14.9. The number of pyridine rings is 2. The number of urea groups is 2. The van der Waals surface area contributed by atoms with E-state index in [9.17, 15) is 14.4 Å². The molecule has 0 saturated carbocycles. The van der Waals surface area contributed by atoms with E-state index in [4.69, 9.17) is 9.47 Å². The molecule has 0 fully saturated rings. The average molecular weight is 687 g/mol. The number of nitrogens with one attached hydrogen (secondary N) is 4. The highest BCUT2D eigenvalue weighted by Gasteiger charge is 2.15. The molecule has 4 N–H and O–H groups in total. The summed E-state index contributed by atoms with van der Waals surface area (Å²) < 4.78 is 14.3. The van der Waals surface area contributed by atoms with E-state index < -0.39 is 0 Å². The van der Waals surface area contributed by atoms with Crippen LogP contribution in [0.5, 0.6) is 11.5 Å². The predicted octanol–water partition coefficient (Wildman–Crippen LogP) is 6.32. The molecular weight excluding hydrogens is 653 g/mol. The van der Waals surface area contributed by atoms with Gasteiger partial charge in [0.15, 0.2) is 10.3 Å². The third-order valence-corrected chi connectivity index (χ3v) is 8.79. The number of nitrogens with zero attached hydrogens (tertiary/aromatic N) is 4. The quantitative estimate of drug-likeness (QED) is 0.145. The van der Waals surface area contributed by atoms with Crippen LogP contribution in [0.15, 0.2) is 71.9 Å². The van der Waals surface area contributed by atoms with Crippen molar-refractivity contribution in [2.75, 3.05) is 37.9 Å². The zero-order valence-corrected chi connectivity index (χ0v) is 28.5. The molecule has 0 aliphatic heterocycles. The molecule has 0 aliphatic rings. The second-order valence-electron chi connectivity index (χ2n) is 10.2. The molecule has 15 heteroatoms. The molecule has 248 valence electrons. The number of anilines is 2. The van der Waals surface area contributed by atoms with Crippen molar-refractivity contribution in [2.45, 2.75) is 13.8 Å². The minimum Gasteiger partial charge on any atom is -0.496 e. The van der Waals surface area contributed by atoms with Gasteiger partial charge in [-0.3, -0.25) is 20.4 Å². The molecule has 6 rings (SSSR count). The third kappa shape index (κ3) is 7.87. The van der Waals surface area contributed by atoms with Gasteiger partial charge in [-0.15, -0.1) is 0 Å². The maximum absolute atomic E-state index is 11.9. The van der Waals surface area contributed by atoms with Gasteiger partial charge in [-0.1, -0.05) is 28.7 Å². The molecule has 0 bridgehead atoms. The van der Waals surface area contributed by atoms with E-state index in [1.165, 1.54) is 27.2 Å². The van der Waals surface area contributed by atoms with Crippen molar-refractivity contribution in [3.8, 4) is 33.8 Å². The molecule has 0 atom stereocenters. The van der Waals surface area contributed by atoms with Crippen LogP contribution in [0.25, 0.3) is 42.7 Å². The SMILES string of the molecule is CCNC(=O)Nc1nc2cc(-c3cccnc3)c(OC)cc2s1.CCNC(=O)Nc1nc2cc(-c3ccn(C)c(=O)c3)c(OC)cc2s1. The van der Waals surface area contributed by atoms with E-state index in [1.807, 2.05) is 56.3 Å². The van der Waals surface area contributed by atoms with E-state index in [1.54, 1.807) is 45.9 Å². The maximum atomic E-state index is 11.9. The van der Waals surface area contributed by atoms with Gasteiger partial charge in [-0.25, -0.2) is 19.6 Å². The first-order chi connectivity index (χ1) is 23.2. The minimum absolute atomic E-state index is 0.100. The fraction of sp³-hybridized carbons (Fsp3) is 0.212. The molecule has 0 saturated heterocycles. The van der Waals surface area contributed by atoms with Gasteiger partial charge in [0.2, 0.25) is 0 Å². The molecule has 0 spiro atoms. The molecular formula is C33H34N8O5S2. The number of benzene rings is 2. The van der Waals surface area contributed by atoms with Gasteiger partial charge in [0.05, 0.1) is 34.7 Å². The number of hydrogen-bond acceptors (Lipinski definition) is 10. The highest BCUT2D eigenvalue weighted by molar-refractivity contribution is 7.22. The highest BCUT2D eigenvalue weighted by Crippen LogP contribution is 2.38. The fourth-order valence-electron chi connectivity index (χ4n) is 4.65. The van der Waals surface area contributed by atoms with Crippen LogP contribution in [-0.2, 0) is 7.05 Å². The van der Waals surface area contributed by atoms with Crippen LogP contribution in [0.3, 0.4) is 0 Å². The molecule has 0 radical (unpaired) electrons. The monoisotopic (exact) mass is 686 g/mol. The Morgan fingerprint density at radius 3 is 1.79 bits per heavy atom. The zero-order chi connectivity index (χ0) is 34.2. The molecule has 13 nitrogen and oxygen atoms in total. The first-order valence-corrected chi connectivity index (χ1v) is 16.5. The molecule has 4 heterocycles. The van der Waals surface area contributed by atoms with E-state index >= 15 is 0 Å². The molecule has 48 heavy (non-hydrogen) atoms. The number of aromatic nitrogens is 4. The number of methoxy groups -OCH3 is 2. The number of carbonyl (C=O) groups excluding carboxylic acids is 2. The Labute approximate surface area is 284 Å². The Morgan fingerprint density at radius 1 is 0.792 bits per heavy atom. The van der Waals surface area contributed by atoms with Crippen LogP contribution in [0, 0.1) is 0 Å². The Hall–Kier alpha value is -5.54. The van der Waals surface area contributed by atoms with Crippen molar-refractivity contribution in [2.24, 2.45) is 7.05 Å². The lowest BCUT2D eigenvalue weighted by atomic mass is 10.1. The lowest BCUT2D eigenvalue weighted by Gasteiger charge is -2.09. The summed E-state index contributed by atoms with van der Waals surface area (Å²) >= 11 is 2.77. The van der Waals surface area contributed by atoms with Crippen molar-refractivity contribution in [3.63, 3.8) is 0 Å². The van der Waals surface area contributed by atoms with Crippen LogP contribution in [0.4, 0.5) is 19.9 Å². The van der Waals surface area contributed by atoms with Crippen LogP contribution >= 0.6 is 22.7 Å². The molecule has 4 amide bonds. The van der Waals surface area contributed by atoms with E-state index in [0.717, 1.165) is 48.4 Å². The standard InChI is InChI=1S/C17H18N4O3S.C16H16N4O2S/c1-4-18-16(23)20-17-19-12-8-11(13(24-3)9-14(12)25-17)10-5-6-21(2)15(22)7-10;1-3-18-15(21)20-16-19-12-7-11(10-5-4-6-17-9-10)13(22-2)8-14(12)23-16/h5-9H,4H2,1-3H3,(H2,18,19,20,23);4-9H,3H2,1-2H3,(H2,18,19,20,21). The summed E-state index contributed by atoms with van der Waals surface area (Å²) in [6.07, 6.45) is 5.22. The smallest absolute Gasteiger partial charge is 0.321 e. The summed E-state index contributed by atoms with van der Waals surface area (Å²) in [6, 6.07) is 14.3. The van der Waals surface area contributed by atoms with Crippen molar-refractivity contribution >= 4 is 65.4 Å². The lowest BCUT2D eigenvalue weighted by Crippen LogP contribution is -2.28. The van der Waals surface area contributed by atoms with Gasteiger partial charge in [0, 0.05) is 73.6 Å². The van der Waals surface area contributed by atoms with Crippen molar-refractivity contribution in [1.29, 1.82) is 0 Å². The van der Waals surface area contributed by atoms with Gasteiger partial charge in [0.1, 0.15) is 11.5 Å². The van der Waals surface area contributed by atoms with Gasteiger partial charge in [-0.2, -0.15) is 0 Å². The van der Waals surface area contributed by atoms with Gasteiger partial charge in [-0.05, 0) is 43.7 Å². The summed E-state index contributed by atoms with van der Waals surface area (Å²) in [5, 5.41) is 11.8. The molecule has 6 aromatic rings. The Kier molecular flexibility index (Phi) is 10.8. The summed E-state index contributed by atoms with van der Waals surface area (Å²) in [5.74, 6) is 1.40. The largest absolute Gasteiger partial charge is 0.496 e. The van der Waals surface area contributed by atoms with Crippen molar-refractivity contribution < 1.29 is 19.1 Å². The number of carbonyl (C=O) groups is 2. The topological polar surface area (TPSA) is 161 Å². The van der Waals surface area contributed by atoms with E-state index in [2.05, 4.69) is 36.2 Å². The predicted molar refractivity (Wildman–Crippen MR) is 192 cm³/mol. The number of amides is 4. The minimum atomic E-state index is -0.291. The molecule has 4 aromatic heterocycles. The number of fused-ring (bicyclic) bond motifs is 2. The molecule has 0 aliphatic carbocycles. The van der Waals surface area contributed by atoms with Crippen LogP contribution in [0.2, 0.25) is 0 Å². The maximum Gasteiger partial charge on any atom is 0.321 e. The van der Waals surface area contributed by atoms with E-state index in [-0.39, 0.29) is 17.6 Å². The van der Waals surface area contributed by atoms with E-state index in [0.29, 0.717) is 29.1 Å². The molecule has 0 unspecified atom stereocenters. The Morgan fingerprint density at radius 2 is 1.33 bits per heavy atom. The zero-order valence-electron chi connectivity index (χ0n) is 26.9. The second kappa shape index (κ2) is 15.4. The van der Waals surface area contributed by atoms with Gasteiger partial charge >= 0.3 is 12.1 Å².